The van der Waals surface area contributed by atoms with E-state index in [9.17, 15) is 14.4 Å². The van der Waals surface area contributed by atoms with Gasteiger partial charge in [0.2, 0.25) is 10.0 Å². The van der Waals surface area contributed by atoms with Crippen LogP contribution in [0.5, 0.6) is 0 Å². The Bertz CT molecular complexity index is 538. The summed E-state index contributed by atoms with van der Waals surface area (Å²) in [5.41, 5.74) is 0.364. The highest BCUT2D eigenvalue weighted by molar-refractivity contribution is 6.67. The highest BCUT2D eigenvalue weighted by Crippen LogP contribution is 2.32. The maximum atomic E-state index is 12.2. The van der Waals surface area contributed by atoms with Gasteiger partial charge in [-0.15, -0.1) is 0 Å². The molecule has 1 heterocycles. The number of likely N-dealkylation sites (tertiary alicyclic amines) is 1. The number of β-lactam (4-membered cyclic amide) rings is 1. The van der Waals surface area contributed by atoms with Gasteiger partial charge in [0.05, 0.1) is 0 Å². The number of amides is 1. The Morgan fingerprint density at radius 2 is 1.78 bits per heavy atom. The number of hydrogen-bond acceptors (Lipinski definition) is 6. The zero-order valence-corrected chi connectivity index (χ0v) is 15.2. The molecule has 0 aromatic rings. The second-order valence-electron chi connectivity index (χ2n) is 4.90. The molecule has 1 aliphatic rings. The lowest BCUT2D eigenvalue weighted by atomic mass is 10.0. The molecule has 0 aliphatic carbocycles. The van der Waals surface area contributed by atoms with E-state index in [-0.39, 0.29) is 5.70 Å². The van der Waals surface area contributed by atoms with Crippen molar-refractivity contribution in [2.45, 2.75) is 36.9 Å². The normalized spacial score (nSPS) is 20.7. The average Bonchev–Trinajstić information content (AvgIpc) is 2.40. The number of methoxy groups -OCH3 is 1. The third-order valence-corrected chi connectivity index (χ3v) is 3.14. The average molecular weight is 389 g/mol. The molecule has 130 valence electrons. The number of carbonyl (C=O) groups is 3. The van der Waals surface area contributed by atoms with Gasteiger partial charge in [-0.2, -0.15) is 0 Å². The molecule has 0 aromatic heterocycles. The van der Waals surface area contributed by atoms with E-state index in [1.165, 1.54) is 14.0 Å². The van der Waals surface area contributed by atoms with Crippen molar-refractivity contribution in [3.63, 3.8) is 0 Å². The van der Waals surface area contributed by atoms with Gasteiger partial charge in [0.1, 0.15) is 12.3 Å². The zero-order valence-electron chi connectivity index (χ0n) is 12.9. The van der Waals surface area contributed by atoms with E-state index in [4.69, 9.17) is 49.0 Å². The van der Waals surface area contributed by atoms with Crippen LogP contribution in [0, 0.1) is 0 Å². The van der Waals surface area contributed by atoms with Crippen molar-refractivity contribution >= 4 is 52.6 Å². The molecule has 1 amide bonds. The topological polar surface area (TPSA) is 82.1 Å². The number of ether oxygens (including phenoxy) is 3. The van der Waals surface area contributed by atoms with Gasteiger partial charge in [-0.3, -0.25) is 14.5 Å². The van der Waals surface area contributed by atoms with Gasteiger partial charge in [-0.05, 0) is 19.4 Å². The molecule has 0 radical (unpaired) electrons. The van der Waals surface area contributed by atoms with E-state index in [1.807, 2.05) is 0 Å². The summed E-state index contributed by atoms with van der Waals surface area (Å²) in [6.45, 7) is 3.85. The number of carbonyl (C=O) groups excluding carboxylic acids is 3. The number of nitrogens with zero attached hydrogens (tertiary/aromatic N) is 1. The van der Waals surface area contributed by atoms with Crippen LogP contribution in [0.1, 0.15) is 20.8 Å². The Labute approximate surface area is 148 Å². The maximum Gasteiger partial charge on any atom is 0.355 e. The SMILES string of the molecule is CO[C@@H]1C(=O)N(C(C(=O)OCC(Cl)(Cl)Cl)=C(C)C)[C@@H]1OC(C)=O. The fourth-order valence-corrected chi connectivity index (χ4v) is 2.10. The molecule has 0 aromatic carbocycles. The van der Waals surface area contributed by atoms with Crippen LogP contribution in [0.2, 0.25) is 0 Å². The Hall–Kier alpha value is -1.02. The molecule has 7 nitrogen and oxygen atoms in total. The molecule has 1 aliphatic heterocycles. The molecule has 1 saturated heterocycles. The van der Waals surface area contributed by atoms with E-state index >= 15 is 0 Å². The second-order valence-corrected chi connectivity index (χ2v) is 7.42. The summed E-state index contributed by atoms with van der Waals surface area (Å²) in [4.78, 5) is 36.5. The number of alkyl halides is 3. The van der Waals surface area contributed by atoms with Crippen molar-refractivity contribution in [3.8, 4) is 0 Å². The molecule has 0 bridgehead atoms. The van der Waals surface area contributed by atoms with Gasteiger partial charge in [0, 0.05) is 14.0 Å². The van der Waals surface area contributed by atoms with Crippen LogP contribution in [-0.4, -0.2) is 52.6 Å². The van der Waals surface area contributed by atoms with Gasteiger partial charge in [-0.25, -0.2) is 4.79 Å². The van der Waals surface area contributed by atoms with Gasteiger partial charge in [-0.1, -0.05) is 34.8 Å². The van der Waals surface area contributed by atoms with Crippen molar-refractivity contribution < 1.29 is 28.6 Å². The van der Waals surface area contributed by atoms with Crippen LogP contribution in [0.3, 0.4) is 0 Å². The minimum atomic E-state index is -1.79. The third-order valence-electron chi connectivity index (χ3n) is 2.81. The second kappa shape index (κ2) is 7.70. The smallest absolute Gasteiger partial charge is 0.355 e. The monoisotopic (exact) mass is 387 g/mol. The Morgan fingerprint density at radius 3 is 2.17 bits per heavy atom. The number of rotatable bonds is 5. The molecular formula is C13H16Cl3NO6. The lowest BCUT2D eigenvalue weighted by molar-refractivity contribution is -0.210. The summed E-state index contributed by atoms with van der Waals surface area (Å²) in [6, 6.07) is 0. The van der Waals surface area contributed by atoms with Crippen LogP contribution in [0.25, 0.3) is 0 Å². The van der Waals surface area contributed by atoms with Crippen molar-refractivity contribution in [1.82, 2.24) is 4.90 Å². The summed E-state index contributed by atoms with van der Waals surface area (Å²) in [5, 5.41) is 0. The predicted molar refractivity (Wildman–Crippen MR) is 82.8 cm³/mol. The Morgan fingerprint density at radius 1 is 1.22 bits per heavy atom. The van der Waals surface area contributed by atoms with E-state index in [0.29, 0.717) is 5.57 Å². The number of esters is 2. The molecule has 0 N–H and O–H groups in total. The van der Waals surface area contributed by atoms with E-state index in [0.717, 1.165) is 4.90 Å². The summed E-state index contributed by atoms with van der Waals surface area (Å²) < 4.78 is 13.1. The van der Waals surface area contributed by atoms with Crippen molar-refractivity contribution in [1.29, 1.82) is 0 Å². The lowest BCUT2D eigenvalue weighted by Crippen LogP contribution is -2.67. The van der Waals surface area contributed by atoms with Gasteiger partial charge in [0.15, 0.2) is 6.10 Å². The third kappa shape index (κ3) is 4.97. The molecule has 1 rings (SSSR count). The summed E-state index contributed by atoms with van der Waals surface area (Å²) in [5.74, 6) is -2.05. The summed E-state index contributed by atoms with van der Waals surface area (Å²) >= 11 is 16.6. The predicted octanol–water partition coefficient (Wildman–Crippen LogP) is 1.94. The summed E-state index contributed by atoms with van der Waals surface area (Å²) in [6.07, 6.45) is -2.05. The minimum absolute atomic E-state index is 0.0937. The molecule has 0 saturated carbocycles. The molecule has 0 spiro atoms. The van der Waals surface area contributed by atoms with E-state index in [2.05, 4.69) is 0 Å². The molecule has 10 heteroatoms. The van der Waals surface area contributed by atoms with Gasteiger partial charge in [0.25, 0.3) is 5.91 Å². The molecule has 1 fully saturated rings. The van der Waals surface area contributed by atoms with Gasteiger partial charge >= 0.3 is 11.9 Å². The van der Waals surface area contributed by atoms with Gasteiger partial charge < -0.3 is 14.2 Å². The highest BCUT2D eigenvalue weighted by atomic mass is 35.6. The first-order valence-electron chi connectivity index (χ1n) is 6.44. The number of allylic oxidation sites excluding steroid dienone is 1. The van der Waals surface area contributed by atoms with Crippen molar-refractivity contribution in [3.05, 3.63) is 11.3 Å². The van der Waals surface area contributed by atoms with Crippen LogP contribution in [0.4, 0.5) is 0 Å². The summed E-state index contributed by atoms with van der Waals surface area (Å²) in [7, 11) is 1.29. The fraction of sp³-hybridized carbons (Fsp3) is 0.615. The lowest BCUT2D eigenvalue weighted by Gasteiger charge is -2.45. The maximum absolute atomic E-state index is 12.2. The quantitative estimate of drug-likeness (QED) is 0.310. The van der Waals surface area contributed by atoms with Crippen molar-refractivity contribution in [2.24, 2.45) is 0 Å². The molecule has 0 unspecified atom stereocenters. The van der Waals surface area contributed by atoms with Crippen LogP contribution >= 0.6 is 34.8 Å². The first-order chi connectivity index (χ1) is 10.5. The largest absolute Gasteiger partial charge is 0.456 e. The Kier molecular flexibility index (Phi) is 6.70. The van der Waals surface area contributed by atoms with Crippen LogP contribution in [0.15, 0.2) is 11.3 Å². The minimum Gasteiger partial charge on any atom is -0.456 e. The number of halogens is 3. The molecule has 2 atom stereocenters. The standard InChI is InChI=1S/C13H16Cl3NO6/c1-6(2)8(12(20)22-5-13(14,15)16)17-10(19)9(21-4)11(17)23-7(3)18/h9,11H,5H2,1-4H3/t9-,11-/m1/s1. The number of hydrogen-bond donors (Lipinski definition) is 0. The van der Waals surface area contributed by atoms with E-state index in [1.54, 1.807) is 13.8 Å². The first kappa shape index (κ1) is 20.0. The molecule has 23 heavy (non-hydrogen) atoms. The molecular weight excluding hydrogens is 373 g/mol. The fourth-order valence-electron chi connectivity index (χ4n) is 1.94. The Balaban J connectivity index is 3.01. The van der Waals surface area contributed by atoms with Crippen molar-refractivity contribution in [2.75, 3.05) is 13.7 Å². The van der Waals surface area contributed by atoms with Crippen LogP contribution < -0.4 is 0 Å². The highest BCUT2D eigenvalue weighted by Gasteiger charge is 2.54. The van der Waals surface area contributed by atoms with E-state index < -0.39 is 40.6 Å². The first-order valence-corrected chi connectivity index (χ1v) is 7.57. The zero-order chi connectivity index (χ0) is 17.9. The van der Waals surface area contributed by atoms with Crippen LogP contribution in [-0.2, 0) is 28.6 Å².